The average molecular weight is 327 g/mol. The van der Waals surface area contributed by atoms with Crippen molar-refractivity contribution in [1.29, 1.82) is 0 Å². The fourth-order valence-electron chi connectivity index (χ4n) is 3.57. The first-order valence-corrected chi connectivity index (χ1v) is 8.51. The first kappa shape index (κ1) is 15.5. The van der Waals surface area contributed by atoms with Crippen LogP contribution in [0.15, 0.2) is 78.9 Å². The van der Waals surface area contributed by atoms with Gasteiger partial charge in [-0.3, -0.25) is 0 Å². The lowest BCUT2D eigenvalue weighted by Gasteiger charge is -2.33. The van der Waals surface area contributed by atoms with E-state index in [9.17, 15) is 0 Å². The molecule has 1 aliphatic rings. The Kier molecular flexibility index (Phi) is 4.02. The second-order valence-electron chi connectivity index (χ2n) is 6.33. The highest BCUT2D eigenvalue weighted by atomic mass is 16.5. The minimum absolute atomic E-state index is 0.878. The molecule has 1 heterocycles. The molecule has 3 aromatic carbocycles. The molecular formula is C23H21NO. The summed E-state index contributed by atoms with van der Waals surface area (Å²) in [5, 5.41) is 0. The smallest absolute Gasteiger partial charge is 0.118 e. The normalized spacial score (nSPS) is 13.6. The van der Waals surface area contributed by atoms with Crippen molar-refractivity contribution in [3.05, 3.63) is 101 Å². The van der Waals surface area contributed by atoms with Gasteiger partial charge in [0.25, 0.3) is 0 Å². The van der Waals surface area contributed by atoms with E-state index in [2.05, 4.69) is 78.7 Å². The van der Waals surface area contributed by atoms with E-state index in [1.54, 1.807) is 7.11 Å². The molecule has 4 rings (SSSR count). The summed E-state index contributed by atoms with van der Waals surface area (Å²) >= 11 is 0. The molecule has 1 aliphatic heterocycles. The molecule has 0 unspecified atom stereocenters. The molecule has 3 aromatic rings. The van der Waals surface area contributed by atoms with E-state index in [0.29, 0.717) is 0 Å². The van der Waals surface area contributed by atoms with Gasteiger partial charge in [0.1, 0.15) is 5.75 Å². The standard InChI is InChI=1S/C23H21NO/c1-24-16-19-10-6-7-11-21(19)22(17-12-14-20(25-2)15-13-17)23(24)18-8-4-3-5-9-18/h3-15H,16H2,1-2H3. The van der Waals surface area contributed by atoms with E-state index in [1.807, 2.05) is 12.1 Å². The van der Waals surface area contributed by atoms with Crippen LogP contribution in [-0.4, -0.2) is 19.1 Å². The van der Waals surface area contributed by atoms with Crippen LogP contribution in [0.25, 0.3) is 11.3 Å². The zero-order chi connectivity index (χ0) is 17.2. The fraction of sp³-hybridized carbons (Fsp3) is 0.130. The van der Waals surface area contributed by atoms with E-state index in [-0.39, 0.29) is 0 Å². The van der Waals surface area contributed by atoms with E-state index in [4.69, 9.17) is 4.74 Å². The van der Waals surface area contributed by atoms with E-state index >= 15 is 0 Å². The zero-order valence-electron chi connectivity index (χ0n) is 14.6. The van der Waals surface area contributed by atoms with Crippen molar-refractivity contribution in [2.45, 2.75) is 6.54 Å². The van der Waals surface area contributed by atoms with Crippen LogP contribution in [-0.2, 0) is 6.54 Å². The van der Waals surface area contributed by atoms with Crippen LogP contribution in [0.1, 0.15) is 22.3 Å². The molecule has 0 saturated carbocycles. The molecule has 0 atom stereocenters. The third-order valence-electron chi connectivity index (χ3n) is 4.74. The second kappa shape index (κ2) is 6.48. The lowest BCUT2D eigenvalue weighted by molar-refractivity contribution is 0.415. The third kappa shape index (κ3) is 2.80. The zero-order valence-corrected chi connectivity index (χ0v) is 14.6. The maximum atomic E-state index is 5.33. The van der Waals surface area contributed by atoms with Crippen molar-refractivity contribution >= 4 is 11.3 Å². The monoisotopic (exact) mass is 327 g/mol. The average Bonchev–Trinajstić information content (AvgIpc) is 2.67. The number of nitrogens with zero attached hydrogens (tertiary/aromatic N) is 1. The minimum atomic E-state index is 0.878. The number of hydrogen-bond acceptors (Lipinski definition) is 2. The molecule has 0 N–H and O–H groups in total. The SMILES string of the molecule is COc1ccc(C2=C(c3ccccc3)N(C)Cc3ccccc32)cc1. The first-order valence-electron chi connectivity index (χ1n) is 8.51. The van der Waals surface area contributed by atoms with Crippen molar-refractivity contribution in [1.82, 2.24) is 4.90 Å². The van der Waals surface area contributed by atoms with Gasteiger partial charge in [-0.25, -0.2) is 0 Å². The topological polar surface area (TPSA) is 12.5 Å². The van der Waals surface area contributed by atoms with Gasteiger partial charge in [-0.05, 0) is 34.4 Å². The van der Waals surface area contributed by atoms with Crippen LogP contribution in [0, 0.1) is 0 Å². The summed E-state index contributed by atoms with van der Waals surface area (Å²) in [7, 11) is 3.87. The molecule has 0 aromatic heterocycles. The summed E-state index contributed by atoms with van der Waals surface area (Å²) in [6.07, 6.45) is 0. The Morgan fingerprint density at radius 1 is 0.760 bits per heavy atom. The van der Waals surface area contributed by atoms with E-state index in [0.717, 1.165) is 12.3 Å². The Morgan fingerprint density at radius 3 is 2.16 bits per heavy atom. The van der Waals surface area contributed by atoms with E-state index < -0.39 is 0 Å². The summed E-state index contributed by atoms with van der Waals surface area (Å²) < 4.78 is 5.33. The Hall–Kier alpha value is -3.00. The molecule has 0 radical (unpaired) electrons. The molecule has 0 saturated heterocycles. The second-order valence-corrected chi connectivity index (χ2v) is 6.33. The Labute approximate surface area is 149 Å². The van der Waals surface area contributed by atoms with Crippen molar-refractivity contribution in [2.75, 3.05) is 14.2 Å². The number of fused-ring (bicyclic) bond motifs is 1. The highest BCUT2D eigenvalue weighted by molar-refractivity contribution is 5.99. The lowest BCUT2D eigenvalue weighted by Crippen LogP contribution is -2.23. The van der Waals surface area contributed by atoms with Crippen LogP contribution >= 0.6 is 0 Å². The number of methoxy groups -OCH3 is 1. The summed E-state index contributed by atoms with van der Waals surface area (Å²) in [5.74, 6) is 0.878. The Morgan fingerprint density at radius 2 is 1.44 bits per heavy atom. The van der Waals surface area contributed by atoms with Gasteiger partial charge in [0.2, 0.25) is 0 Å². The summed E-state index contributed by atoms with van der Waals surface area (Å²) in [4.78, 5) is 2.34. The van der Waals surface area contributed by atoms with Crippen LogP contribution in [0.5, 0.6) is 5.75 Å². The molecule has 25 heavy (non-hydrogen) atoms. The summed E-state index contributed by atoms with van der Waals surface area (Å²) in [6, 6.07) is 27.7. The van der Waals surface area contributed by atoms with Crippen molar-refractivity contribution in [3.8, 4) is 5.75 Å². The molecule has 0 aliphatic carbocycles. The van der Waals surface area contributed by atoms with Gasteiger partial charge < -0.3 is 9.64 Å². The molecule has 2 nitrogen and oxygen atoms in total. The summed E-state index contributed by atoms with van der Waals surface area (Å²) in [6.45, 7) is 0.917. The number of rotatable bonds is 3. The minimum Gasteiger partial charge on any atom is -0.497 e. The molecular weight excluding hydrogens is 306 g/mol. The highest BCUT2D eigenvalue weighted by Crippen LogP contribution is 2.40. The van der Waals surface area contributed by atoms with Gasteiger partial charge in [0, 0.05) is 19.2 Å². The maximum Gasteiger partial charge on any atom is 0.118 e. The van der Waals surface area contributed by atoms with Gasteiger partial charge in [-0.1, -0.05) is 66.7 Å². The molecule has 124 valence electrons. The molecule has 2 heteroatoms. The highest BCUT2D eigenvalue weighted by Gasteiger charge is 2.24. The number of ether oxygens (including phenoxy) is 1. The van der Waals surface area contributed by atoms with Crippen LogP contribution in [0.4, 0.5) is 0 Å². The Bertz CT molecular complexity index is 910. The lowest BCUT2D eigenvalue weighted by atomic mass is 9.86. The molecule has 0 fully saturated rings. The number of hydrogen-bond donors (Lipinski definition) is 0. The van der Waals surface area contributed by atoms with Crippen LogP contribution in [0.3, 0.4) is 0 Å². The number of benzene rings is 3. The van der Waals surface area contributed by atoms with Gasteiger partial charge in [0.05, 0.1) is 12.8 Å². The van der Waals surface area contributed by atoms with Crippen LogP contribution in [0.2, 0.25) is 0 Å². The van der Waals surface area contributed by atoms with Gasteiger partial charge in [-0.2, -0.15) is 0 Å². The quantitative estimate of drug-likeness (QED) is 0.667. The predicted octanol–water partition coefficient (Wildman–Crippen LogP) is 5.06. The summed E-state index contributed by atoms with van der Waals surface area (Å²) in [5.41, 5.74) is 7.66. The molecule has 0 amide bonds. The van der Waals surface area contributed by atoms with Gasteiger partial charge in [0.15, 0.2) is 0 Å². The van der Waals surface area contributed by atoms with Gasteiger partial charge >= 0.3 is 0 Å². The van der Waals surface area contributed by atoms with Crippen LogP contribution < -0.4 is 4.74 Å². The first-order chi connectivity index (χ1) is 12.3. The van der Waals surface area contributed by atoms with Crippen molar-refractivity contribution in [3.63, 3.8) is 0 Å². The molecule has 0 spiro atoms. The van der Waals surface area contributed by atoms with E-state index in [1.165, 1.54) is 33.5 Å². The predicted molar refractivity (Wildman–Crippen MR) is 103 cm³/mol. The van der Waals surface area contributed by atoms with Crippen molar-refractivity contribution < 1.29 is 4.74 Å². The van der Waals surface area contributed by atoms with Crippen molar-refractivity contribution in [2.24, 2.45) is 0 Å². The molecule has 0 bridgehead atoms. The maximum absolute atomic E-state index is 5.33. The third-order valence-corrected chi connectivity index (χ3v) is 4.74. The fourth-order valence-corrected chi connectivity index (χ4v) is 3.57. The largest absolute Gasteiger partial charge is 0.497 e. The van der Waals surface area contributed by atoms with Gasteiger partial charge in [-0.15, -0.1) is 0 Å². The Balaban J connectivity index is 1.99.